The summed E-state index contributed by atoms with van der Waals surface area (Å²) in [5.41, 5.74) is 2.49. The number of pyridine rings is 1. The van der Waals surface area contributed by atoms with Crippen molar-refractivity contribution < 1.29 is 23.4 Å². The van der Waals surface area contributed by atoms with Crippen molar-refractivity contribution >= 4 is 11.8 Å². The number of nitrogens with zero attached hydrogens (tertiary/aromatic N) is 4. The monoisotopic (exact) mass is 521 g/mol. The summed E-state index contributed by atoms with van der Waals surface area (Å²) >= 11 is 0. The quantitative estimate of drug-likeness (QED) is 0.476. The molecule has 38 heavy (non-hydrogen) atoms. The number of benzene rings is 1. The molecule has 10 heteroatoms. The van der Waals surface area contributed by atoms with Gasteiger partial charge in [-0.25, -0.2) is 19.2 Å². The highest BCUT2D eigenvalue weighted by molar-refractivity contribution is 5.92. The summed E-state index contributed by atoms with van der Waals surface area (Å²) < 4.78 is 30.8. The van der Waals surface area contributed by atoms with E-state index in [2.05, 4.69) is 25.2 Å². The van der Waals surface area contributed by atoms with E-state index < -0.39 is 11.8 Å². The minimum Gasteiger partial charge on any atom is -0.490 e. The maximum absolute atomic E-state index is 13.7. The number of rotatable bonds is 6. The van der Waals surface area contributed by atoms with Gasteiger partial charge in [-0.3, -0.25) is 4.98 Å². The van der Waals surface area contributed by atoms with Gasteiger partial charge in [0, 0.05) is 55.5 Å². The predicted molar refractivity (Wildman–Crippen MR) is 139 cm³/mol. The fourth-order valence-electron chi connectivity index (χ4n) is 5.39. The summed E-state index contributed by atoms with van der Waals surface area (Å²) in [5, 5.41) is 3.40. The summed E-state index contributed by atoms with van der Waals surface area (Å²) in [6.07, 6.45) is 7.90. The van der Waals surface area contributed by atoms with E-state index in [0.717, 1.165) is 63.0 Å². The van der Waals surface area contributed by atoms with Crippen molar-refractivity contribution in [2.75, 3.05) is 31.6 Å². The fraction of sp³-hybridized carbons (Fsp3) is 0.429. The molecule has 200 valence electrons. The molecular weight excluding hydrogens is 489 g/mol. The maximum atomic E-state index is 13.7. The zero-order valence-corrected chi connectivity index (χ0v) is 21.9. The summed E-state index contributed by atoms with van der Waals surface area (Å²) in [7, 11) is 1.24. The Kier molecular flexibility index (Phi) is 7.42. The Balaban J connectivity index is 0.00000144. The number of nitrogens with one attached hydrogen (secondary N) is 1. The van der Waals surface area contributed by atoms with Crippen molar-refractivity contribution in [1.82, 2.24) is 20.3 Å². The van der Waals surface area contributed by atoms with Crippen LogP contribution in [0, 0.1) is 11.2 Å². The lowest BCUT2D eigenvalue weighted by molar-refractivity contribution is -0.0349. The smallest absolute Gasteiger partial charge is 0.341 e. The number of aromatic nitrogens is 3. The number of hydrogen-bond acceptors (Lipinski definition) is 9. The molecule has 2 fully saturated rings. The van der Waals surface area contributed by atoms with E-state index >= 15 is 0 Å². The molecule has 0 radical (unpaired) electrons. The van der Waals surface area contributed by atoms with Crippen molar-refractivity contribution in [1.29, 1.82) is 0 Å². The summed E-state index contributed by atoms with van der Waals surface area (Å²) in [5.74, 6) is 0.915. The van der Waals surface area contributed by atoms with Crippen LogP contribution in [-0.2, 0) is 17.7 Å². The Hall–Kier alpha value is -3.79. The van der Waals surface area contributed by atoms with E-state index in [9.17, 15) is 9.18 Å². The van der Waals surface area contributed by atoms with Gasteiger partial charge in [0.25, 0.3) is 0 Å². The number of methoxy groups -OCH3 is 1. The highest BCUT2D eigenvalue weighted by atomic mass is 19.1. The number of fused-ring (bicyclic) bond motifs is 1. The third-order valence-corrected chi connectivity index (χ3v) is 7.14. The van der Waals surface area contributed by atoms with Crippen molar-refractivity contribution in [3.05, 3.63) is 65.6 Å². The number of carbonyl (C=O) groups is 1. The number of halogens is 1. The Morgan fingerprint density at radius 2 is 1.95 bits per heavy atom. The Labute approximate surface area is 221 Å². The number of carbonyl (C=O) groups excluding carboxylic acids is 1. The van der Waals surface area contributed by atoms with Gasteiger partial charge in [0.1, 0.15) is 35.3 Å². The van der Waals surface area contributed by atoms with E-state index in [-0.39, 0.29) is 22.8 Å². The van der Waals surface area contributed by atoms with Crippen molar-refractivity contribution in [3.8, 4) is 17.2 Å². The molecule has 2 aliphatic heterocycles. The second-order valence-corrected chi connectivity index (χ2v) is 9.61. The molecule has 0 amide bonds. The van der Waals surface area contributed by atoms with Crippen molar-refractivity contribution in [2.45, 2.75) is 45.8 Å². The van der Waals surface area contributed by atoms with Gasteiger partial charge < -0.3 is 24.4 Å². The minimum absolute atomic E-state index is 0.000123. The van der Waals surface area contributed by atoms with Crippen LogP contribution >= 0.6 is 0 Å². The van der Waals surface area contributed by atoms with Crippen LogP contribution in [0.4, 0.5) is 10.2 Å². The second kappa shape index (κ2) is 10.9. The zero-order chi connectivity index (χ0) is 26.7. The number of anilines is 1. The Morgan fingerprint density at radius 1 is 1.13 bits per heavy atom. The van der Waals surface area contributed by atoms with Crippen LogP contribution in [0.2, 0.25) is 0 Å². The van der Waals surface area contributed by atoms with E-state index in [1.54, 1.807) is 6.20 Å². The van der Waals surface area contributed by atoms with Crippen LogP contribution in [0.5, 0.6) is 17.2 Å². The molecular formula is C28H32FN5O4. The predicted octanol–water partition coefficient (Wildman–Crippen LogP) is 4.31. The highest BCUT2D eigenvalue weighted by Crippen LogP contribution is 2.52. The molecule has 1 aliphatic carbocycles. The van der Waals surface area contributed by atoms with Crippen LogP contribution in [0.1, 0.15) is 48.3 Å². The molecule has 3 aromatic rings. The summed E-state index contributed by atoms with van der Waals surface area (Å²) in [6.45, 7) is 7.39. The molecule has 1 N–H and O–H groups in total. The van der Waals surface area contributed by atoms with Gasteiger partial charge >= 0.3 is 5.97 Å². The van der Waals surface area contributed by atoms with E-state index in [4.69, 9.17) is 14.2 Å². The van der Waals surface area contributed by atoms with Gasteiger partial charge in [0.15, 0.2) is 11.6 Å². The molecule has 6 rings (SSSR count). The van der Waals surface area contributed by atoms with Crippen molar-refractivity contribution in [2.24, 2.45) is 5.41 Å². The Bertz CT molecular complexity index is 1310. The standard InChI is InChI=1S/C26H26FN5O4.C2H6/c1-34-25(33)18-8-16(27)2-3-21(18)36-23-12-29-15-31-24(23)32-13-26(14-32)9-17(10-26)35-22-5-7-30-20-4-6-28-11-19(20)22;1-2/h2-3,5,7-8,12,15,17,28H,4,6,9-11,13-14H2,1H3;1-2H3. The third-order valence-electron chi connectivity index (χ3n) is 7.14. The van der Waals surface area contributed by atoms with E-state index in [0.29, 0.717) is 11.6 Å². The topological polar surface area (TPSA) is 98.7 Å². The van der Waals surface area contributed by atoms with Crippen LogP contribution in [0.25, 0.3) is 0 Å². The lowest BCUT2D eigenvalue weighted by Crippen LogP contribution is -2.65. The first kappa shape index (κ1) is 25.8. The van der Waals surface area contributed by atoms with Gasteiger partial charge in [0.2, 0.25) is 0 Å². The number of esters is 1. The first-order chi connectivity index (χ1) is 18.5. The normalized spacial score (nSPS) is 17.3. The average Bonchev–Trinajstić information content (AvgIpc) is 2.91. The zero-order valence-electron chi connectivity index (χ0n) is 21.9. The highest BCUT2D eigenvalue weighted by Gasteiger charge is 2.54. The molecule has 1 saturated carbocycles. The van der Waals surface area contributed by atoms with E-state index in [1.807, 2.05) is 26.1 Å². The van der Waals surface area contributed by atoms with Gasteiger partial charge in [0.05, 0.1) is 13.3 Å². The van der Waals surface area contributed by atoms with Crippen molar-refractivity contribution in [3.63, 3.8) is 0 Å². The number of hydrogen-bond donors (Lipinski definition) is 1. The second-order valence-electron chi connectivity index (χ2n) is 9.61. The van der Waals surface area contributed by atoms with Crippen LogP contribution in [-0.4, -0.2) is 53.8 Å². The van der Waals surface area contributed by atoms with E-state index in [1.165, 1.54) is 31.1 Å². The van der Waals surface area contributed by atoms with Gasteiger partial charge in [-0.05, 0) is 37.1 Å². The largest absolute Gasteiger partial charge is 0.490 e. The molecule has 4 heterocycles. The summed E-state index contributed by atoms with van der Waals surface area (Å²) in [6, 6.07) is 5.69. The Morgan fingerprint density at radius 3 is 2.74 bits per heavy atom. The first-order valence-corrected chi connectivity index (χ1v) is 13.0. The minimum atomic E-state index is -0.683. The maximum Gasteiger partial charge on any atom is 0.341 e. The molecule has 2 aromatic heterocycles. The van der Waals surface area contributed by atoms with Gasteiger partial charge in [-0.1, -0.05) is 13.8 Å². The first-order valence-electron chi connectivity index (χ1n) is 13.0. The molecule has 1 aromatic carbocycles. The molecule has 3 aliphatic rings. The van der Waals surface area contributed by atoms with Gasteiger partial charge in [-0.15, -0.1) is 0 Å². The lowest BCUT2D eigenvalue weighted by Gasteiger charge is -2.59. The average molecular weight is 522 g/mol. The lowest BCUT2D eigenvalue weighted by atomic mass is 9.61. The number of ether oxygens (including phenoxy) is 3. The summed E-state index contributed by atoms with van der Waals surface area (Å²) in [4.78, 5) is 27.2. The molecule has 9 nitrogen and oxygen atoms in total. The molecule has 0 unspecified atom stereocenters. The van der Waals surface area contributed by atoms with Gasteiger partial charge in [-0.2, -0.15) is 0 Å². The van der Waals surface area contributed by atoms with Crippen LogP contribution in [0.3, 0.4) is 0 Å². The molecule has 0 bridgehead atoms. The molecule has 0 atom stereocenters. The molecule has 1 spiro atoms. The molecule has 1 saturated heterocycles. The van der Waals surface area contributed by atoms with Crippen LogP contribution < -0.4 is 19.7 Å². The van der Waals surface area contributed by atoms with Crippen LogP contribution in [0.15, 0.2) is 43.0 Å². The fourth-order valence-corrected chi connectivity index (χ4v) is 5.39. The SMILES string of the molecule is CC.COC(=O)c1cc(F)ccc1Oc1cncnc1N1CC2(CC(Oc3ccnc4c3CNCC4)C2)C1. The third kappa shape index (κ3) is 5.00.